The largest absolute Gasteiger partial charge is 0.493 e. The number of methoxy groups -OCH3 is 2. The lowest BCUT2D eigenvalue weighted by Gasteiger charge is -2.22. The maximum Gasteiger partial charge on any atom is 0.278 e. The number of hydrogen-bond acceptors (Lipinski definition) is 3. The van der Waals surface area contributed by atoms with Crippen LogP contribution in [0.4, 0.5) is 0 Å². The first-order valence-corrected chi connectivity index (χ1v) is 7.39. The number of likely N-dealkylation sites (N-methyl/N-ethyl adjacent to an activating group) is 1. The number of para-hydroxylation sites is 1. The minimum absolute atomic E-state index is 0.0958. The zero-order valence-electron chi connectivity index (χ0n) is 13.2. The van der Waals surface area contributed by atoms with E-state index >= 15 is 0 Å². The summed E-state index contributed by atoms with van der Waals surface area (Å²) in [4.78, 5) is 13.2. The molecule has 1 fully saturated rings. The maximum atomic E-state index is 12.1. The molecule has 0 aromatic heterocycles. The van der Waals surface area contributed by atoms with Gasteiger partial charge in [0, 0.05) is 6.04 Å². The first-order chi connectivity index (χ1) is 10.1. The van der Waals surface area contributed by atoms with Crippen LogP contribution in [-0.2, 0) is 11.3 Å². The van der Waals surface area contributed by atoms with Gasteiger partial charge in [0.1, 0.15) is 6.54 Å². The van der Waals surface area contributed by atoms with Crippen LogP contribution in [-0.4, -0.2) is 39.3 Å². The van der Waals surface area contributed by atoms with Gasteiger partial charge in [0.05, 0.1) is 26.8 Å². The molecule has 0 bridgehead atoms. The molecule has 1 unspecified atom stereocenters. The van der Waals surface area contributed by atoms with E-state index in [9.17, 15) is 4.79 Å². The smallest absolute Gasteiger partial charge is 0.278 e. The van der Waals surface area contributed by atoms with Crippen molar-refractivity contribution in [2.75, 3.05) is 21.3 Å². The Balaban J connectivity index is 2.04. The topological polar surface area (TPSA) is 52.0 Å². The van der Waals surface area contributed by atoms with Gasteiger partial charge < -0.3 is 19.7 Å². The molecule has 0 saturated heterocycles. The predicted molar refractivity (Wildman–Crippen MR) is 80.8 cm³/mol. The molecule has 2 N–H and O–H groups in total. The van der Waals surface area contributed by atoms with Gasteiger partial charge in [-0.2, -0.15) is 0 Å². The first-order valence-electron chi connectivity index (χ1n) is 7.39. The maximum absolute atomic E-state index is 12.1. The number of carbonyl (C=O) groups excluding carboxylic acids is 1. The van der Waals surface area contributed by atoms with Crippen molar-refractivity contribution < 1.29 is 19.2 Å². The summed E-state index contributed by atoms with van der Waals surface area (Å²) >= 11 is 0. The molecule has 0 radical (unpaired) electrons. The van der Waals surface area contributed by atoms with Crippen LogP contribution in [0.1, 0.15) is 25.3 Å². The third-order valence-corrected chi connectivity index (χ3v) is 4.01. The molecule has 5 heteroatoms. The molecule has 0 spiro atoms. The van der Waals surface area contributed by atoms with Crippen molar-refractivity contribution in [1.29, 1.82) is 0 Å². The summed E-state index contributed by atoms with van der Waals surface area (Å²) < 4.78 is 10.8. The molecule has 21 heavy (non-hydrogen) atoms. The van der Waals surface area contributed by atoms with Gasteiger partial charge in [-0.1, -0.05) is 6.07 Å². The number of rotatable bonds is 7. The number of amides is 1. The van der Waals surface area contributed by atoms with Crippen LogP contribution in [0, 0.1) is 0 Å². The van der Waals surface area contributed by atoms with E-state index in [-0.39, 0.29) is 11.9 Å². The average molecular weight is 293 g/mol. The third-order valence-electron chi connectivity index (χ3n) is 4.01. The van der Waals surface area contributed by atoms with Gasteiger partial charge in [-0.05, 0) is 31.9 Å². The van der Waals surface area contributed by atoms with E-state index in [0.29, 0.717) is 12.6 Å². The molecule has 1 aromatic carbocycles. The van der Waals surface area contributed by atoms with Gasteiger partial charge in [0.15, 0.2) is 17.5 Å². The lowest BCUT2D eigenvalue weighted by molar-refractivity contribution is -0.908. The van der Waals surface area contributed by atoms with Crippen LogP contribution in [0.25, 0.3) is 0 Å². The summed E-state index contributed by atoms with van der Waals surface area (Å²) in [6.07, 6.45) is 2.22. The van der Waals surface area contributed by atoms with Crippen LogP contribution in [0.2, 0.25) is 0 Å². The van der Waals surface area contributed by atoms with E-state index in [4.69, 9.17) is 9.47 Å². The summed E-state index contributed by atoms with van der Waals surface area (Å²) in [5.74, 6) is 1.59. The molecule has 0 heterocycles. The Labute approximate surface area is 126 Å². The molecule has 1 aliphatic rings. The monoisotopic (exact) mass is 293 g/mol. The molecule has 1 aromatic rings. The molecule has 2 rings (SSSR count). The van der Waals surface area contributed by atoms with Gasteiger partial charge >= 0.3 is 0 Å². The normalized spacial score (nSPS) is 17.0. The van der Waals surface area contributed by atoms with Crippen LogP contribution >= 0.6 is 0 Å². The highest BCUT2D eigenvalue weighted by atomic mass is 16.5. The van der Waals surface area contributed by atoms with E-state index in [0.717, 1.165) is 34.8 Å². The summed E-state index contributed by atoms with van der Waals surface area (Å²) in [6, 6.07) is 6.14. The lowest BCUT2D eigenvalue weighted by Crippen LogP contribution is -3.12. The second-order valence-electron chi connectivity index (χ2n) is 5.68. The van der Waals surface area contributed by atoms with Crippen LogP contribution in [0.5, 0.6) is 11.5 Å². The highest BCUT2D eigenvalue weighted by molar-refractivity contribution is 5.80. The fourth-order valence-corrected chi connectivity index (χ4v) is 2.32. The van der Waals surface area contributed by atoms with Gasteiger partial charge in [-0.25, -0.2) is 0 Å². The number of carbonyl (C=O) groups is 1. The van der Waals surface area contributed by atoms with E-state index in [1.807, 2.05) is 32.2 Å². The zero-order valence-corrected chi connectivity index (χ0v) is 13.2. The quantitative estimate of drug-likeness (QED) is 0.764. The van der Waals surface area contributed by atoms with E-state index < -0.39 is 0 Å². The van der Waals surface area contributed by atoms with Gasteiger partial charge in [0.2, 0.25) is 0 Å². The number of benzene rings is 1. The SMILES string of the molecule is COc1cccc(C[NH+](C)[C@H](C)C(=O)NC2CC2)c1OC. The summed E-state index contributed by atoms with van der Waals surface area (Å²) in [6.45, 7) is 2.67. The lowest BCUT2D eigenvalue weighted by atomic mass is 10.1. The van der Waals surface area contributed by atoms with Crippen molar-refractivity contribution in [3.05, 3.63) is 23.8 Å². The highest BCUT2D eigenvalue weighted by Crippen LogP contribution is 2.30. The van der Waals surface area contributed by atoms with Gasteiger partial charge in [0.25, 0.3) is 5.91 Å². The second kappa shape index (κ2) is 6.80. The molecule has 116 valence electrons. The predicted octanol–water partition coefficient (Wildman–Crippen LogP) is 0.386. The Morgan fingerprint density at radius 2 is 2.10 bits per heavy atom. The van der Waals surface area contributed by atoms with Crippen molar-refractivity contribution in [3.63, 3.8) is 0 Å². The van der Waals surface area contributed by atoms with Gasteiger partial charge in [-0.15, -0.1) is 0 Å². The first kappa shape index (κ1) is 15.6. The molecule has 1 saturated carbocycles. The Morgan fingerprint density at radius 1 is 1.38 bits per heavy atom. The van der Waals surface area contributed by atoms with E-state index in [2.05, 4.69) is 5.32 Å². The highest BCUT2D eigenvalue weighted by Gasteiger charge is 2.29. The molecule has 5 nitrogen and oxygen atoms in total. The molecule has 1 amide bonds. The molecular weight excluding hydrogens is 268 g/mol. The molecule has 1 aliphatic carbocycles. The summed E-state index contributed by atoms with van der Waals surface area (Å²) in [5.41, 5.74) is 1.04. The van der Waals surface area contributed by atoms with Crippen LogP contribution < -0.4 is 19.7 Å². The van der Waals surface area contributed by atoms with Crippen molar-refractivity contribution in [3.8, 4) is 11.5 Å². The van der Waals surface area contributed by atoms with E-state index in [1.54, 1.807) is 14.2 Å². The van der Waals surface area contributed by atoms with Crippen molar-refractivity contribution in [1.82, 2.24) is 5.32 Å². The minimum Gasteiger partial charge on any atom is -0.493 e. The second-order valence-corrected chi connectivity index (χ2v) is 5.68. The Kier molecular flexibility index (Phi) is 5.07. The Morgan fingerprint density at radius 3 is 2.67 bits per heavy atom. The standard InChI is InChI=1S/C16H24N2O3/c1-11(16(19)17-13-8-9-13)18(2)10-12-6-5-7-14(20-3)15(12)21-4/h5-7,11,13H,8-10H2,1-4H3,(H,17,19)/p+1/t11-/m1/s1. The molecular formula is C16H25N2O3+. The van der Waals surface area contributed by atoms with Gasteiger partial charge in [-0.3, -0.25) is 4.79 Å². The summed E-state index contributed by atoms with van der Waals surface area (Å²) in [5, 5.41) is 3.06. The summed E-state index contributed by atoms with van der Waals surface area (Å²) in [7, 11) is 5.29. The third kappa shape index (κ3) is 3.88. The molecule has 2 atom stereocenters. The number of ether oxygens (including phenoxy) is 2. The number of nitrogens with one attached hydrogen (secondary N) is 2. The van der Waals surface area contributed by atoms with Crippen molar-refractivity contribution in [2.24, 2.45) is 0 Å². The zero-order chi connectivity index (χ0) is 15.4. The minimum atomic E-state index is -0.0958. The van der Waals surface area contributed by atoms with E-state index in [1.165, 1.54) is 0 Å². The van der Waals surface area contributed by atoms with Crippen LogP contribution in [0.3, 0.4) is 0 Å². The Hall–Kier alpha value is -1.75. The number of quaternary nitrogens is 1. The molecule has 0 aliphatic heterocycles. The fourth-order valence-electron chi connectivity index (χ4n) is 2.32. The average Bonchev–Trinajstić information content (AvgIpc) is 3.29. The fraction of sp³-hybridized carbons (Fsp3) is 0.562. The van der Waals surface area contributed by atoms with Crippen molar-refractivity contribution in [2.45, 2.75) is 38.4 Å². The van der Waals surface area contributed by atoms with Crippen molar-refractivity contribution >= 4 is 5.91 Å². The Bertz CT molecular complexity index is 500. The number of hydrogen-bond donors (Lipinski definition) is 2. The van der Waals surface area contributed by atoms with Crippen LogP contribution in [0.15, 0.2) is 18.2 Å².